The lowest BCUT2D eigenvalue weighted by Crippen LogP contribution is -2.36. The van der Waals surface area contributed by atoms with Gasteiger partial charge in [-0.25, -0.2) is 0 Å². The summed E-state index contributed by atoms with van der Waals surface area (Å²) in [6.45, 7) is 10.6. The van der Waals surface area contributed by atoms with Crippen LogP contribution in [0.15, 0.2) is 12.7 Å². The molecule has 2 atom stereocenters. The third-order valence-electron chi connectivity index (χ3n) is 3.72. The Morgan fingerprint density at radius 3 is 2.86 bits per heavy atom. The van der Waals surface area contributed by atoms with Crippen LogP contribution in [0, 0.1) is 17.3 Å². The van der Waals surface area contributed by atoms with Gasteiger partial charge in [0.1, 0.15) is 5.78 Å². The molecule has 1 fully saturated rings. The molecule has 14 heavy (non-hydrogen) atoms. The van der Waals surface area contributed by atoms with Crippen molar-refractivity contribution in [1.29, 1.82) is 0 Å². The number of hydrogen-bond acceptors (Lipinski definition) is 1. The molecule has 80 valence electrons. The SMILES string of the molecule is C=CCC(C)C1CC(=O)CCC1(C)C. The van der Waals surface area contributed by atoms with Gasteiger partial charge in [-0.15, -0.1) is 6.58 Å². The number of carbonyl (C=O) groups excluding carboxylic acids is 1. The van der Waals surface area contributed by atoms with Gasteiger partial charge in [-0.2, -0.15) is 0 Å². The van der Waals surface area contributed by atoms with E-state index in [0.29, 0.717) is 23.0 Å². The van der Waals surface area contributed by atoms with Crippen LogP contribution >= 0.6 is 0 Å². The van der Waals surface area contributed by atoms with Crippen molar-refractivity contribution in [2.75, 3.05) is 0 Å². The predicted molar refractivity (Wildman–Crippen MR) is 60.1 cm³/mol. The van der Waals surface area contributed by atoms with Crippen LogP contribution in [0.25, 0.3) is 0 Å². The van der Waals surface area contributed by atoms with Gasteiger partial charge in [-0.3, -0.25) is 4.79 Å². The first-order valence-corrected chi connectivity index (χ1v) is 5.60. The Labute approximate surface area is 87.6 Å². The number of allylic oxidation sites excluding steroid dienone is 1. The number of carbonyl (C=O) groups is 1. The molecule has 1 rings (SSSR count). The molecule has 1 heteroatoms. The summed E-state index contributed by atoms with van der Waals surface area (Å²) in [7, 11) is 0. The molecule has 1 nitrogen and oxygen atoms in total. The van der Waals surface area contributed by atoms with Gasteiger partial charge in [0.25, 0.3) is 0 Å². The van der Waals surface area contributed by atoms with Crippen molar-refractivity contribution in [3.8, 4) is 0 Å². The zero-order valence-corrected chi connectivity index (χ0v) is 9.68. The van der Waals surface area contributed by atoms with E-state index in [0.717, 1.165) is 25.7 Å². The highest BCUT2D eigenvalue weighted by atomic mass is 16.1. The minimum absolute atomic E-state index is 0.330. The van der Waals surface area contributed by atoms with Crippen LogP contribution in [-0.4, -0.2) is 5.78 Å². The third-order valence-corrected chi connectivity index (χ3v) is 3.72. The summed E-state index contributed by atoms with van der Waals surface area (Å²) in [5.74, 6) is 1.58. The van der Waals surface area contributed by atoms with Gasteiger partial charge in [0.05, 0.1) is 0 Å². The normalized spacial score (nSPS) is 28.5. The number of ketones is 1. The second-order valence-electron chi connectivity index (χ2n) is 5.34. The molecule has 1 aliphatic rings. The average Bonchev–Trinajstić information content (AvgIpc) is 2.10. The molecule has 0 spiro atoms. The first kappa shape index (κ1) is 11.5. The standard InChI is InChI=1S/C13H22O/c1-5-6-10(2)12-9-11(14)7-8-13(12,3)4/h5,10,12H,1,6-9H2,2-4H3. The fraction of sp³-hybridized carbons (Fsp3) is 0.769. The minimum atomic E-state index is 0.330. The lowest BCUT2D eigenvalue weighted by molar-refractivity contribution is -0.125. The van der Waals surface area contributed by atoms with Gasteiger partial charge in [0.15, 0.2) is 0 Å². The Bertz CT molecular complexity index is 227. The maximum absolute atomic E-state index is 11.4. The highest BCUT2D eigenvalue weighted by molar-refractivity contribution is 5.79. The second-order valence-corrected chi connectivity index (χ2v) is 5.34. The molecule has 1 saturated carbocycles. The highest BCUT2D eigenvalue weighted by Crippen LogP contribution is 2.44. The lowest BCUT2D eigenvalue weighted by atomic mass is 9.63. The van der Waals surface area contributed by atoms with Gasteiger partial charge in [-0.1, -0.05) is 26.8 Å². The van der Waals surface area contributed by atoms with E-state index in [9.17, 15) is 4.79 Å². The van der Waals surface area contributed by atoms with Crippen LogP contribution in [0.2, 0.25) is 0 Å². The van der Waals surface area contributed by atoms with Crippen molar-refractivity contribution in [2.24, 2.45) is 17.3 Å². The second kappa shape index (κ2) is 4.29. The van der Waals surface area contributed by atoms with Gasteiger partial charge in [0, 0.05) is 12.8 Å². The molecule has 0 radical (unpaired) electrons. The van der Waals surface area contributed by atoms with E-state index >= 15 is 0 Å². The van der Waals surface area contributed by atoms with E-state index in [4.69, 9.17) is 0 Å². The number of rotatable bonds is 3. The van der Waals surface area contributed by atoms with Crippen molar-refractivity contribution in [3.63, 3.8) is 0 Å². The largest absolute Gasteiger partial charge is 0.300 e. The van der Waals surface area contributed by atoms with E-state index in [-0.39, 0.29) is 0 Å². The molecule has 0 aromatic rings. The van der Waals surface area contributed by atoms with E-state index in [1.54, 1.807) is 0 Å². The summed E-state index contributed by atoms with van der Waals surface area (Å²) in [5, 5.41) is 0. The summed E-state index contributed by atoms with van der Waals surface area (Å²) >= 11 is 0. The maximum Gasteiger partial charge on any atom is 0.133 e. The van der Waals surface area contributed by atoms with Crippen molar-refractivity contribution in [1.82, 2.24) is 0 Å². The van der Waals surface area contributed by atoms with Crippen LogP contribution in [-0.2, 0) is 4.79 Å². The third kappa shape index (κ3) is 2.46. The Morgan fingerprint density at radius 1 is 1.64 bits per heavy atom. The Kier molecular flexibility index (Phi) is 3.52. The molecule has 0 bridgehead atoms. The number of hydrogen-bond donors (Lipinski definition) is 0. The molecule has 0 heterocycles. The first-order chi connectivity index (χ1) is 6.47. The van der Waals surface area contributed by atoms with Gasteiger partial charge in [-0.05, 0) is 30.1 Å². The Balaban J connectivity index is 2.71. The van der Waals surface area contributed by atoms with E-state index in [1.165, 1.54) is 0 Å². The molecule has 2 unspecified atom stereocenters. The highest BCUT2D eigenvalue weighted by Gasteiger charge is 2.38. The fourth-order valence-electron chi connectivity index (χ4n) is 2.67. The van der Waals surface area contributed by atoms with Crippen molar-refractivity contribution >= 4 is 5.78 Å². The molecule has 0 N–H and O–H groups in total. The molecular formula is C13H22O. The predicted octanol–water partition coefficient (Wildman–Crippen LogP) is 3.59. The Hall–Kier alpha value is -0.590. The van der Waals surface area contributed by atoms with E-state index < -0.39 is 0 Å². The summed E-state index contributed by atoms with van der Waals surface area (Å²) in [6.07, 6.45) is 5.62. The topological polar surface area (TPSA) is 17.1 Å². The molecule has 1 aliphatic carbocycles. The van der Waals surface area contributed by atoms with Crippen molar-refractivity contribution in [2.45, 2.75) is 46.5 Å². The summed E-state index contributed by atoms with van der Waals surface area (Å²) in [5.41, 5.74) is 0.330. The zero-order valence-electron chi connectivity index (χ0n) is 9.68. The van der Waals surface area contributed by atoms with Crippen molar-refractivity contribution < 1.29 is 4.79 Å². The summed E-state index contributed by atoms with van der Waals surface area (Å²) in [4.78, 5) is 11.4. The fourth-order valence-corrected chi connectivity index (χ4v) is 2.67. The van der Waals surface area contributed by atoms with Gasteiger partial charge < -0.3 is 0 Å². The lowest BCUT2D eigenvalue weighted by Gasteiger charge is -2.41. The number of Topliss-reactive ketones (excluding diaryl/α,β-unsaturated/α-hetero) is 1. The monoisotopic (exact) mass is 194 g/mol. The molecule has 0 aromatic carbocycles. The molecule has 0 amide bonds. The zero-order chi connectivity index (χ0) is 10.8. The average molecular weight is 194 g/mol. The molecule has 0 aliphatic heterocycles. The molecule has 0 aromatic heterocycles. The van der Waals surface area contributed by atoms with Crippen LogP contribution in [0.5, 0.6) is 0 Å². The summed E-state index contributed by atoms with van der Waals surface area (Å²) in [6, 6.07) is 0. The van der Waals surface area contributed by atoms with Crippen LogP contribution in [0.4, 0.5) is 0 Å². The maximum atomic E-state index is 11.4. The smallest absolute Gasteiger partial charge is 0.133 e. The van der Waals surface area contributed by atoms with Gasteiger partial charge in [0.2, 0.25) is 0 Å². The van der Waals surface area contributed by atoms with E-state index in [1.807, 2.05) is 6.08 Å². The quantitative estimate of drug-likeness (QED) is 0.627. The van der Waals surface area contributed by atoms with Crippen LogP contribution in [0.1, 0.15) is 46.5 Å². The van der Waals surface area contributed by atoms with Crippen molar-refractivity contribution in [3.05, 3.63) is 12.7 Å². The Morgan fingerprint density at radius 2 is 2.29 bits per heavy atom. The van der Waals surface area contributed by atoms with E-state index in [2.05, 4.69) is 27.4 Å². The van der Waals surface area contributed by atoms with Crippen LogP contribution < -0.4 is 0 Å². The summed E-state index contributed by atoms with van der Waals surface area (Å²) < 4.78 is 0. The van der Waals surface area contributed by atoms with Crippen LogP contribution in [0.3, 0.4) is 0 Å². The minimum Gasteiger partial charge on any atom is -0.300 e. The van der Waals surface area contributed by atoms with Gasteiger partial charge >= 0.3 is 0 Å². The first-order valence-electron chi connectivity index (χ1n) is 5.60. The molecule has 0 saturated heterocycles. The molecular weight excluding hydrogens is 172 g/mol.